The highest BCUT2D eigenvalue weighted by molar-refractivity contribution is 4.94. The predicted octanol–water partition coefficient (Wildman–Crippen LogP) is -0.0805. The third kappa shape index (κ3) is 3.08. The molecule has 4 nitrogen and oxygen atoms in total. The lowest BCUT2D eigenvalue weighted by molar-refractivity contribution is 0.0807. The van der Waals surface area contributed by atoms with Crippen molar-refractivity contribution in [2.45, 2.75) is 12.5 Å². The van der Waals surface area contributed by atoms with Crippen LogP contribution in [0.5, 0.6) is 0 Å². The first-order chi connectivity index (χ1) is 6.26. The normalized spacial score (nSPS) is 18.0. The highest BCUT2D eigenvalue weighted by atomic mass is 16.3. The Morgan fingerprint density at radius 3 is 2.85 bits per heavy atom. The smallest absolute Gasteiger partial charge is 0.0935 e. The molecule has 1 unspecified atom stereocenters. The van der Waals surface area contributed by atoms with Crippen molar-refractivity contribution in [3.63, 3.8) is 0 Å². The molecule has 13 heavy (non-hydrogen) atoms. The lowest BCUT2D eigenvalue weighted by Crippen LogP contribution is -2.26. The average molecular weight is 184 g/mol. The maximum Gasteiger partial charge on any atom is 0.0935 e. The molecule has 1 aliphatic heterocycles. The van der Waals surface area contributed by atoms with Crippen LogP contribution in [-0.2, 0) is 0 Å². The number of nitrogens with zero attached hydrogens (tertiary/aromatic N) is 2. The lowest BCUT2D eigenvalue weighted by atomic mass is 10.2. The van der Waals surface area contributed by atoms with Gasteiger partial charge in [-0.1, -0.05) is 6.58 Å². The Morgan fingerprint density at radius 2 is 2.31 bits per heavy atom. The minimum Gasteiger partial charge on any atom is -0.394 e. The van der Waals surface area contributed by atoms with Crippen molar-refractivity contribution in [1.29, 1.82) is 0 Å². The summed E-state index contributed by atoms with van der Waals surface area (Å²) in [7, 11) is 0. The molecule has 1 atom stereocenters. The van der Waals surface area contributed by atoms with Gasteiger partial charge in [-0.05, 0) is 12.6 Å². The Bertz CT molecular complexity index is 194. The summed E-state index contributed by atoms with van der Waals surface area (Å²) < 4.78 is 0. The van der Waals surface area contributed by atoms with Gasteiger partial charge in [-0.3, -0.25) is 0 Å². The lowest BCUT2D eigenvalue weighted by Gasteiger charge is -2.19. The van der Waals surface area contributed by atoms with Crippen LogP contribution in [0.1, 0.15) is 6.42 Å². The third-order valence-electron chi connectivity index (χ3n) is 2.01. The van der Waals surface area contributed by atoms with E-state index in [0.29, 0.717) is 6.42 Å². The largest absolute Gasteiger partial charge is 0.394 e. The zero-order valence-electron chi connectivity index (χ0n) is 7.63. The second-order valence-corrected chi connectivity index (χ2v) is 3.07. The summed E-state index contributed by atoms with van der Waals surface area (Å²) >= 11 is 0. The van der Waals surface area contributed by atoms with E-state index < -0.39 is 6.10 Å². The molecule has 1 rings (SSSR count). The van der Waals surface area contributed by atoms with Gasteiger partial charge in [-0.2, -0.15) is 0 Å². The van der Waals surface area contributed by atoms with E-state index in [9.17, 15) is 0 Å². The zero-order chi connectivity index (χ0) is 9.68. The highest BCUT2D eigenvalue weighted by Gasteiger charge is 2.10. The van der Waals surface area contributed by atoms with Gasteiger partial charge in [-0.15, -0.1) is 0 Å². The van der Waals surface area contributed by atoms with E-state index >= 15 is 0 Å². The van der Waals surface area contributed by atoms with Crippen molar-refractivity contribution in [2.75, 3.05) is 19.8 Å². The molecule has 1 aliphatic rings. The van der Waals surface area contributed by atoms with Gasteiger partial charge in [0.25, 0.3) is 0 Å². The standard InChI is InChI=1S/C9H16N2O2/c1-2-10-5-6-11(8-10)4-3-9(13)7-12/h2,5-6,9,12-13H,1,3-4,7-8H2. The summed E-state index contributed by atoms with van der Waals surface area (Å²) in [4.78, 5) is 4.01. The van der Waals surface area contributed by atoms with Crippen molar-refractivity contribution in [3.8, 4) is 0 Å². The molecular formula is C9H16N2O2. The van der Waals surface area contributed by atoms with Gasteiger partial charge in [0.1, 0.15) is 0 Å². The van der Waals surface area contributed by atoms with Gasteiger partial charge < -0.3 is 20.0 Å². The Morgan fingerprint density at radius 1 is 1.54 bits per heavy atom. The molecule has 0 amide bonds. The second kappa shape index (κ2) is 4.89. The Hall–Kier alpha value is -1.00. The molecule has 0 aromatic carbocycles. The topological polar surface area (TPSA) is 46.9 Å². The molecule has 0 saturated heterocycles. The molecule has 0 bridgehead atoms. The summed E-state index contributed by atoms with van der Waals surface area (Å²) in [6.07, 6.45) is 5.61. The van der Waals surface area contributed by atoms with Crippen LogP contribution in [0.2, 0.25) is 0 Å². The first-order valence-corrected chi connectivity index (χ1v) is 4.36. The molecule has 0 saturated carbocycles. The fourth-order valence-electron chi connectivity index (χ4n) is 1.15. The van der Waals surface area contributed by atoms with Gasteiger partial charge >= 0.3 is 0 Å². The molecular weight excluding hydrogens is 168 g/mol. The summed E-state index contributed by atoms with van der Waals surface area (Å²) in [5, 5.41) is 17.7. The Labute approximate surface area is 78.4 Å². The molecule has 0 spiro atoms. The Kier molecular flexibility index (Phi) is 3.79. The van der Waals surface area contributed by atoms with Crippen molar-refractivity contribution >= 4 is 0 Å². The summed E-state index contributed by atoms with van der Waals surface area (Å²) in [6.45, 7) is 5.02. The number of hydrogen-bond acceptors (Lipinski definition) is 4. The van der Waals surface area contributed by atoms with Gasteiger partial charge in [0.2, 0.25) is 0 Å². The van der Waals surface area contributed by atoms with Crippen LogP contribution in [-0.4, -0.2) is 45.9 Å². The van der Waals surface area contributed by atoms with Gasteiger partial charge in [-0.25, -0.2) is 0 Å². The molecule has 74 valence electrons. The predicted molar refractivity (Wildman–Crippen MR) is 50.5 cm³/mol. The van der Waals surface area contributed by atoms with Crippen LogP contribution in [0.15, 0.2) is 25.2 Å². The quantitative estimate of drug-likeness (QED) is 0.627. The fraction of sp³-hybridized carbons (Fsp3) is 0.556. The van der Waals surface area contributed by atoms with Gasteiger partial charge in [0.05, 0.1) is 19.4 Å². The maximum absolute atomic E-state index is 9.11. The van der Waals surface area contributed by atoms with Crippen LogP contribution in [0.4, 0.5) is 0 Å². The number of aliphatic hydroxyl groups excluding tert-OH is 2. The number of rotatable bonds is 5. The molecule has 0 aromatic rings. The van der Waals surface area contributed by atoms with Crippen molar-refractivity contribution < 1.29 is 10.2 Å². The molecule has 0 fully saturated rings. The maximum atomic E-state index is 9.11. The van der Waals surface area contributed by atoms with Gasteiger partial charge in [0.15, 0.2) is 0 Å². The number of aliphatic hydroxyl groups is 2. The van der Waals surface area contributed by atoms with Crippen LogP contribution < -0.4 is 0 Å². The molecule has 0 radical (unpaired) electrons. The molecule has 2 N–H and O–H groups in total. The molecule has 4 heteroatoms. The van der Waals surface area contributed by atoms with Crippen molar-refractivity contribution in [2.24, 2.45) is 0 Å². The van der Waals surface area contributed by atoms with E-state index in [1.807, 2.05) is 17.3 Å². The van der Waals surface area contributed by atoms with Crippen LogP contribution in [0.3, 0.4) is 0 Å². The van der Waals surface area contributed by atoms with E-state index in [2.05, 4.69) is 11.5 Å². The minimum absolute atomic E-state index is 0.164. The highest BCUT2D eigenvalue weighted by Crippen LogP contribution is 2.07. The Balaban J connectivity index is 2.18. The summed E-state index contributed by atoms with van der Waals surface area (Å²) in [6, 6.07) is 0. The molecule has 0 aromatic heterocycles. The first-order valence-electron chi connectivity index (χ1n) is 4.36. The number of hydrogen-bond donors (Lipinski definition) is 2. The van der Waals surface area contributed by atoms with Crippen molar-refractivity contribution in [3.05, 3.63) is 25.2 Å². The van der Waals surface area contributed by atoms with Crippen molar-refractivity contribution in [1.82, 2.24) is 9.80 Å². The van der Waals surface area contributed by atoms with E-state index in [0.717, 1.165) is 13.2 Å². The van der Waals surface area contributed by atoms with Crippen LogP contribution in [0.25, 0.3) is 0 Å². The monoisotopic (exact) mass is 184 g/mol. The van der Waals surface area contributed by atoms with E-state index in [-0.39, 0.29) is 6.61 Å². The van der Waals surface area contributed by atoms with Gasteiger partial charge in [0, 0.05) is 18.9 Å². The average Bonchev–Trinajstić information content (AvgIpc) is 2.61. The summed E-state index contributed by atoms with van der Waals surface area (Å²) in [5.74, 6) is 0. The SMILES string of the molecule is C=CN1C=CN(CCC(O)CO)C1. The fourth-order valence-corrected chi connectivity index (χ4v) is 1.15. The second-order valence-electron chi connectivity index (χ2n) is 3.07. The van der Waals surface area contributed by atoms with E-state index in [4.69, 9.17) is 10.2 Å². The van der Waals surface area contributed by atoms with Crippen LogP contribution in [0, 0.1) is 0 Å². The molecule has 1 heterocycles. The third-order valence-corrected chi connectivity index (χ3v) is 2.01. The first kappa shape index (κ1) is 10.1. The minimum atomic E-state index is -0.605. The summed E-state index contributed by atoms with van der Waals surface area (Å²) in [5.41, 5.74) is 0. The van der Waals surface area contributed by atoms with E-state index in [1.165, 1.54) is 0 Å². The zero-order valence-corrected chi connectivity index (χ0v) is 7.63. The van der Waals surface area contributed by atoms with Crippen LogP contribution >= 0.6 is 0 Å². The molecule has 0 aliphatic carbocycles. The van der Waals surface area contributed by atoms with E-state index in [1.54, 1.807) is 6.20 Å².